The van der Waals surface area contributed by atoms with Gasteiger partial charge in [0.15, 0.2) is 0 Å². The van der Waals surface area contributed by atoms with Crippen LogP contribution in [0.3, 0.4) is 0 Å². The molecule has 20 heavy (non-hydrogen) atoms. The highest BCUT2D eigenvalue weighted by Gasteiger charge is 2.05. The zero-order valence-corrected chi connectivity index (χ0v) is 11.3. The van der Waals surface area contributed by atoms with Crippen LogP contribution in [0.4, 0.5) is 0 Å². The van der Waals surface area contributed by atoms with Gasteiger partial charge in [0.25, 0.3) is 5.91 Å². The fraction of sp³-hybridized carbons (Fsp3) is 0.200. The minimum Gasteiger partial charge on any atom is -0.339 e. The molecule has 1 amide bonds. The number of hydrogen-bond acceptors (Lipinski definition) is 4. The number of aliphatic imine (C=N–C) groups is 2. The Balaban J connectivity index is 2.87. The quantitative estimate of drug-likeness (QED) is 0.633. The van der Waals surface area contributed by atoms with Crippen molar-refractivity contribution in [1.29, 1.82) is 5.26 Å². The number of nitrogens with one attached hydrogen (secondary N) is 1. The maximum absolute atomic E-state index is 11.6. The molecule has 0 aliphatic rings. The van der Waals surface area contributed by atoms with Gasteiger partial charge in [0.2, 0.25) is 0 Å². The number of hydrogen-bond donors (Lipinski definition) is 1. The van der Waals surface area contributed by atoms with Crippen molar-refractivity contribution in [2.24, 2.45) is 9.98 Å². The molecular weight excluding hydrogens is 252 g/mol. The van der Waals surface area contributed by atoms with Crippen LogP contribution in [0.15, 0.2) is 40.3 Å². The number of rotatable bonds is 6. The molecule has 1 rings (SSSR count). The van der Waals surface area contributed by atoms with Crippen LogP contribution in [0.5, 0.6) is 0 Å². The lowest BCUT2D eigenvalue weighted by molar-refractivity contribution is 0.0958. The van der Waals surface area contributed by atoms with Crippen LogP contribution in [-0.2, 0) is 0 Å². The van der Waals surface area contributed by atoms with Gasteiger partial charge in [-0.3, -0.25) is 14.8 Å². The van der Waals surface area contributed by atoms with E-state index in [0.29, 0.717) is 17.8 Å². The van der Waals surface area contributed by atoms with Crippen LogP contribution in [0.1, 0.15) is 22.8 Å². The first kappa shape index (κ1) is 15.3. The monoisotopic (exact) mass is 268 g/mol. The van der Waals surface area contributed by atoms with E-state index in [2.05, 4.69) is 22.0 Å². The Labute approximate surface area is 118 Å². The molecule has 1 aromatic rings. The van der Waals surface area contributed by atoms with E-state index in [4.69, 9.17) is 5.26 Å². The summed E-state index contributed by atoms with van der Waals surface area (Å²) >= 11 is 0. The molecule has 0 saturated carbocycles. The number of nitriles is 1. The lowest BCUT2D eigenvalue weighted by Gasteiger charge is -2.04. The van der Waals surface area contributed by atoms with Gasteiger partial charge in [-0.05, 0) is 31.9 Å². The second-order valence-electron chi connectivity index (χ2n) is 3.78. The van der Waals surface area contributed by atoms with Gasteiger partial charge in [-0.15, -0.1) is 0 Å². The summed E-state index contributed by atoms with van der Waals surface area (Å²) in [6, 6.07) is 8.77. The second kappa shape index (κ2) is 8.38. The van der Waals surface area contributed by atoms with Gasteiger partial charge in [-0.25, -0.2) is 0 Å². The van der Waals surface area contributed by atoms with E-state index in [-0.39, 0.29) is 12.5 Å². The molecule has 0 atom stereocenters. The number of carbonyl (C=O) groups is 1. The van der Waals surface area contributed by atoms with Crippen LogP contribution in [0, 0.1) is 11.3 Å². The van der Waals surface area contributed by atoms with Crippen molar-refractivity contribution in [3.63, 3.8) is 0 Å². The molecule has 5 heteroatoms. The van der Waals surface area contributed by atoms with Crippen LogP contribution in [0.2, 0.25) is 0 Å². The smallest absolute Gasteiger partial charge is 0.252 e. The van der Waals surface area contributed by atoms with Gasteiger partial charge >= 0.3 is 0 Å². The molecule has 1 N–H and O–H groups in total. The standard InChI is InChI=1S/C15H16N4O/c1-3-18-10-8-14(17-2)12-4-6-13(7-5-12)15(20)19-11-9-16/h4-8,10H,2-3,11H2,1H3,(H,19,20)/b14-8-,18-10?. The first-order chi connectivity index (χ1) is 9.72. The summed E-state index contributed by atoms with van der Waals surface area (Å²) < 4.78 is 0. The van der Waals surface area contributed by atoms with Crippen molar-refractivity contribution >= 4 is 24.5 Å². The highest BCUT2D eigenvalue weighted by molar-refractivity contribution is 5.95. The lowest BCUT2D eigenvalue weighted by Crippen LogP contribution is -2.23. The molecule has 0 saturated heterocycles. The van der Waals surface area contributed by atoms with Crippen LogP contribution in [-0.4, -0.2) is 31.9 Å². The molecule has 0 spiro atoms. The van der Waals surface area contributed by atoms with E-state index in [1.165, 1.54) is 0 Å². The summed E-state index contributed by atoms with van der Waals surface area (Å²) in [4.78, 5) is 19.6. The molecule has 0 aliphatic carbocycles. The van der Waals surface area contributed by atoms with Gasteiger partial charge in [-0.1, -0.05) is 12.1 Å². The van der Waals surface area contributed by atoms with Gasteiger partial charge < -0.3 is 5.32 Å². The minimum atomic E-state index is -0.275. The largest absolute Gasteiger partial charge is 0.339 e. The Bertz CT molecular complexity index is 565. The first-order valence-electron chi connectivity index (χ1n) is 6.15. The average molecular weight is 268 g/mol. The van der Waals surface area contributed by atoms with Gasteiger partial charge in [0.1, 0.15) is 6.54 Å². The zero-order valence-electron chi connectivity index (χ0n) is 11.3. The van der Waals surface area contributed by atoms with Crippen molar-refractivity contribution < 1.29 is 4.79 Å². The maximum Gasteiger partial charge on any atom is 0.252 e. The third-order valence-corrected chi connectivity index (χ3v) is 2.46. The Morgan fingerprint density at radius 2 is 2.05 bits per heavy atom. The SMILES string of the molecule is C=N/C(=C\C=NCC)c1ccc(C(=O)NCC#N)cc1. The molecule has 0 radical (unpaired) electrons. The normalized spacial score (nSPS) is 11.1. The zero-order chi connectivity index (χ0) is 14.8. The first-order valence-corrected chi connectivity index (χ1v) is 6.15. The molecule has 0 bridgehead atoms. The number of amides is 1. The summed E-state index contributed by atoms with van der Waals surface area (Å²) in [5.74, 6) is -0.275. The van der Waals surface area contributed by atoms with Crippen LogP contribution < -0.4 is 5.32 Å². The number of benzene rings is 1. The van der Waals surface area contributed by atoms with E-state index >= 15 is 0 Å². The van der Waals surface area contributed by atoms with Crippen LogP contribution in [0.25, 0.3) is 5.70 Å². The van der Waals surface area contributed by atoms with Gasteiger partial charge in [0.05, 0.1) is 11.8 Å². The Morgan fingerprint density at radius 3 is 2.60 bits per heavy atom. The van der Waals surface area contributed by atoms with Gasteiger partial charge in [0, 0.05) is 23.9 Å². The molecule has 0 aliphatic heterocycles. The van der Waals surface area contributed by atoms with E-state index in [9.17, 15) is 4.79 Å². The maximum atomic E-state index is 11.6. The Kier molecular flexibility index (Phi) is 6.42. The molecule has 0 unspecified atom stereocenters. The summed E-state index contributed by atoms with van der Waals surface area (Å²) in [6.07, 6.45) is 3.44. The molecule has 0 fully saturated rings. The summed E-state index contributed by atoms with van der Waals surface area (Å²) in [5, 5.41) is 10.9. The third-order valence-electron chi connectivity index (χ3n) is 2.46. The van der Waals surface area contributed by atoms with Crippen molar-refractivity contribution in [1.82, 2.24) is 5.32 Å². The van der Waals surface area contributed by atoms with E-state index < -0.39 is 0 Å². The van der Waals surface area contributed by atoms with Crippen molar-refractivity contribution in [3.05, 3.63) is 41.5 Å². The Hall–Kier alpha value is -2.74. The predicted molar refractivity (Wildman–Crippen MR) is 80.9 cm³/mol. The average Bonchev–Trinajstić information content (AvgIpc) is 2.49. The molecule has 5 nitrogen and oxygen atoms in total. The highest BCUT2D eigenvalue weighted by Crippen LogP contribution is 2.15. The van der Waals surface area contributed by atoms with E-state index in [0.717, 1.165) is 5.56 Å². The lowest BCUT2D eigenvalue weighted by atomic mass is 10.1. The van der Waals surface area contributed by atoms with Crippen molar-refractivity contribution in [2.45, 2.75) is 6.92 Å². The Morgan fingerprint density at radius 1 is 1.40 bits per heavy atom. The number of allylic oxidation sites excluding steroid dienone is 1. The molecule has 0 heterocycles. The molecular formula is C15H16N4O. The molecule has 102 valence electrons. The van der Waals surface area contributed by atoms with E-state index in [1.54, 1.807) is 36.6 Å². The van der Waals surface area contributed by atoms with Gasteiger partial charge in [-0.2, -0.15) is 5.26 Å². The van der Waals surface area contributed by atoms with Crippen molar-refractivity contribution in [2.75, 3.05) is 13.1 Å². The third kappa shape index (κ3) is 4.50. The summed E-state index contributed by atoms with van der Waals surface area (Å²) in [5.41, 5.74) is 2.03. The van der Waals surface area contributed by atoms with Crippen LogP contribution >= 0.6 is 0 Å². The second-order valence-corrected chi connectivity index (χ2v) is 3.78. The number of nitrogens with zero attached hydrogens (tertiary/aromatic N) is 3. The fourth-order valence-electron chi connectivity index (χ4n) is 1.48. The predicted octanol–water partition coefficient (Wildman–Crippen LogP) is 2.07. The molecule has 0 aromatic heterocycles. The van der Waals surface area contributed by atoms with E-state index in [1.807, 2.05) is 13.0 Å². The fourth-order valence-corrected chi connectivity index (χ4v) is 1.48. The molecule has 1 aromatic carbocycles. The number of carbonyl (C=O) groups excluding carboxylic acids is 1. The van der Waals surface area contributed by atoms with Crippen molar-refractivity contribution in [3.8, 4) is 6.07 Å². The summed E-state index contributed by atoms with van der Waals surface area (Å²) in [7, 11) is 0. The summed E-state index contributed by atoms with van der Waals surface area (Å²) in [6.45, 7) is 6.16. The highest BCUT2D eigenvalue weighted by atomic mass is 16.1. The topological polar surface area (TPSA) is 77.6 Å². The minimum absolute atomic E-state index is 0.00652.